The molecule has 1 N–H and O–H groups in total. The van der Waals surface area contributed by atoms with Gasteiger partial charge >= 0.3 is 18.2 Å². The molecule has 1 unspecified atom stereocenters. The minimum absolute atomic E-state index is 0.0507. The molecule has 1 fully saturated rings. The van der Waals surface area contributed by atoms with Crippen molar-refractivity contribution in [1.82, 2.24) is 9.80 Å². The third-order valence-electron chi connectivity index (χ3n) is 5.60. The molecule has 2 aromatic carbocycles. The van der Waals surface area contributed by atoms with Crippen LogP contribution in [-0.4, -0.2) is 47.5 Å². The van der Waals surface area contributed by atoms with E-state index in [4.69, 9.17) is 16.3 Å². The summed E-state index contributed by atoms with van der Waals surface area (Å²) in [7, 11) is 1.21. The van der Waals surface area contributed by atoms with Crippen molar-refractivity contribution in [3.8, 4) is 0 Å². The van der Waals surface area contributed by atoms with Crippen molar-refractivity contribution in [3.05, 3.63) is 64.7 Å². The average Bonchev–Trinajstić information content (AvgIpc) is 2.79. The van der Waals surface area contributed by atoms with Crippen LogP contribution in [0.1, 0.15) is 31.4 Å². The summed E-state index contributed by atoms with van der Waals surface area (Å²) in [5.41, 5.74) is -1.22. The van der Waals surface area contributed by atoms with Gasteiger partial charge in [0.15, 0.2) is 0 Å². The fraction of sp³-hybridized carbons (Fsp3) is 0.375. The number of carbonyl (C=O) groups excluding carboxylic acids is 3. The van der Waals surface area contributed by atoms with Crippen LogP contribution in [0.3, 0.4) is 0 Å². The second kappa shape index (κ2) is 10.2. The molecule has 0 radical (unpaired) electrons. The van der Waals surface area contributed by atoms with E-state index in [-0.39, 0.29) is 25.2 Å². The highest BCUT2D eigenvalue weighted by molar-refractivity contribution is 6.30. The first-order valence-corrected chi connectivity index (χ1v) is 11.1. The minimum Gasteiger partial charge on any atom is -0.469 e. The Morgan fingerprint density at radius 2 is 1.80 bits per heavy atom. The first-order valence-electron chi connectivity index (χ1n) is 10.7. The van der Waals surface area contributed by atoms with E-state index < -0.39 is 41.2 Å². The molecule has 35 heavy (non-hydrogen) atoms. The molecule has 7 nitrogen and oxygen atoms in total. The Labute approximate surface area is 205 Å². The van der Waals surface area contributed by atoms with Gasteiger partial charge in [-0.2, -0.15) is 13.2 Å². The van der Waals surface area contributed by atoms with Crippen LogP contribution in [0.5, 0.6) is 0 Å². The molecule has 1 heterocycles. The topological polar surface area (TPSA) is 79.0 Å². The standard InChI is InChI=1S/C24H25ClF3N3O4/c1-23(2,21(33)35-3)14-31-20(32)12-19(29-18-6-4-5-16(11-18)24(26,27)28)30(22(31)34)13-15-7-9-17(25)10-8-15/h4-11,19,29H,12-14H2,1-3H3. The molecule has 1 saturated heterocycles. The highest BCUT2D eigenvalue weighted by atomic mass is 35.5. The van der Waals surface area contributed by atoms with Gasteiger partial charge < -0.3 is 10.1 Å². The third-order valence-corrected chi connectivity index (χ3v) is 5.85. The van der Waals surface area contributed by atoms with Crippen molar-refractivity contribution in [2.45, 2.75) is 39.2 Å². The number of halogens is 4. The third kappa shape index (κ3) is 6.25. The lowest BCUT2D eigenvalue weighted by atomic mass is 9.92. The molecule has 188 valence electrons. The number of alkyl halides is 3. The van der Waals surface area contributed by atoms with Crippen LogP contribution < -0.4 is 5.32 Å². The number of rotatable bonds is 7. The zero-order chi connectivity index (χ0) is 26.0. The summed E-state index contributed by atoms with van der Waals surface area (Å²) in [5.74, 6) is -1.16. The van der Waals surface area contributed by atoms with Gasteiger partial charge in [0.2, 0.25) is 5.91 Å². The van der Waals surface area contributed by atoms with Crippen LogP contribution in [0.25, 0.3) is 0 Å². The molecule has 0 bridgehead atoms. The van der Waals surface area contributed by atoms with Crippen molar-refractivity contribution in [2.75, 3.05) is 19.0 Å². The fourth-order valence-corrected chi connectivity index (χ4v) is 3.87. The molecule has 1 aliphatic rings. The number of hydrogen-bond donors (Lipinski definition) is 1. The smallest absolute Gasteiger partial charge is 0.416 e. The van der Waals surface area contributed by atoms with Crippen molar-refractivity contribution in [3.63, 3.8) is 0 Å². The predicted molar refractivity (Wildman–Crippen MR) is 123 cm³/mol. The monoisotopic (exact) mass is 511 g/mol. The van der Waals surface area contributed by atoms with E-state index in [0.717, 1.165) is 17.0 Å². The molecule has 2 aromatic rings. The van der Waals surface area contributed by atoms with Gasteiger partial charge in [0.05, 0.1) is 24.5 Å². The van der Waals surface area contributed by atoms with Crippen LogP contribution in [0.15, 0.2) is 48.5 Å². The van der Waals surface area contributed by atoms with Crippen molar-refractivity contribution in [2.24, 2.45) is 5.41 Å². The fourth-order valence-electron chi connectivity index (χ4n) is 3.74. The summed E-state index contributed by atoms with van der Waals surface area (Å²) >= 11 is 5.95. The van der Waals surface area contributed by atoms with E-state index in [0.29, 0.717) is 10.6 Å². The second-order valence-corrected chi connectivity index (χ2v) is 9.27. The maximum absolute atomic E-state index is 13.5. The van der Waals surface area contributed by atoms with Crippen LogP contribution in [-0.2, 0) is 27.0 Å². The first kappa shape index (κ1) is 26.3. The van der Waals surface area contributed by atoms with Gasteiger partial charge in [0, 0.05) is 23.8 Å². The largest absolute Gasteiger partial charge is 0.469 e. The Hall–Kier alpha value is -3.27. The van der Waals surface area contributed by atoms with E-state index in [1.807, 2.05) is 0 Å². The molecule has 11 heteroatoms. The summed E-state index contributed by atoms with van der Waals surface area (Å²) in [6.07, 6.45) is -5.69. The second-order valence-electron chi connectivity index (χ2n) is 8.84. The van der Waals surface area contributed by atoms with E-state index in [1.165, 1.54) is 24.1 Å². The zero-order valence-electron chi connectivity index (χ0n) is 19.4. The summed E-state index contributed by atoms with van der Waals surface area (Å²) in [5, 5.41) is 3.39. The highest BCUT2D eigenvalue weighted by Gasteiger charge is 2.43. The number of nitrogens with one attached hydrogen (secondary N) is 1. The number of anilines is 1. The predicted octanol–water partition coefficient (Wildman–Crippen LogP) is 5.15. The molecule has 0 saturated carbocycles. The summed E-state index contributed by atoms with van der Waals surface area (Å²) < 4.78 is 44.3. The lowest BCUT2D eigenvalue weighted by Crippen LogP contribution is -2.60. The number of hydrogen-bond acceptors (Lipinski definition) is 5. The number of carbonyl (C=O) groups is 3. The van der Waals surface area contributed by atoms with Crippen LogP contribution in [0.2, 0.25) is 5.02 Å². The Bertz CT molecular complexity index is 1110. The van der Waals surface area contributed by atoms with Gasteiger partial charge in [-0.3, -0.25) is 19.4 Å². The van der Waals surface area contributed by atoms with Gasteiger partial charge in [-0.25, -0.2) is 4.79 Å². The van der Waals surface area contributed by atoms with Crippen molar-refractivity contribution >= 4 is 35.2 Å². The SMILES string of the molecule is COC(=O)C(C)(C)CN1C(=O)CC(Nc2cccc(C(F)(F)F)c2)N(Cc2ccc(Cl)cc2)C1=O. The Morgan fingerprint density at radius 3 is 2.40 bits per heavy atom. The van der Waals surface area contributed by atoms with Crippen LogP contribution >= 0.6 is 11.6 Å². The maximum atomic E-state index is 13.5. The summed E-state index contributed by atoms with van der Waals surface area (Å²) in [6, 6.07) is 10.5. The number of esters is 1. The quantitative estimate of drug-likeness (QED) is 0.520. The lowest BCUT2D eigenvalue weighted by Gasteiger charge is -2.42. The van der Waals surface area contributed by atoms with E-state index >= 15 is 0 Å². The van der Waals surface area contributed by atoms with Gasteiger partial charge in [-0.1, -0.05) is 29.8 Å². The zero-order valence-corrected chi connectivity index (χ0v) is 20.1. The number of imide groups is 1. The molecule has 0 spiro atoms. The van der Waals surface area contributed by atoms with Crippen molar-refractivity contribution in [1.29, 1.82) is 0 Å². The average molecular weight is 512 g/mol. The number of methoxy groups -OCH3 is 1. The van der Waals surface area contributed by atoms with Crippen molar-refractivity contribution < 1.29 is 32.3 Å². The van der Waals surface area contributed by atoms with Gasteiger partial charge in [-0.15, -0.1) is 0 Å². The first-order chi connectivity index (χ1) is 16.3. The Morgan fingerprint density at radius 1 is 1.14 bits per heavy atom. The van der Waals surface area contributed by atoms with E-state index in [2.05, 4.69) is 5.32 Å². The van der Waals surface area contributed by atoms with E-state index in [9.17, 15) is 27.6 Å². The molecule has 3 rings (SSSR count). The maximum Gasteiger partial charge on any atom is 0.416 e. The molecular formula is C24H25ClF3N3O4. The molecular weight excluding hydrogens is 487 g/mol. The van der Waals surface area contributed by atoms with Gasteiger partial charge in [-0.05, 0) is 49.7 Å². The number of nitrogens with zero attached hydrogens (tertiary/aromatic N) is 2. The number of urea groups is 1. The number of amides is 3. The van der Waals surface area contributed by atoms with E-state index in [1.54, 1.807) is 38.1 Å². The van der Waals surface area contributed by atoms with Gasteiger partial charge in [0.25, 0.3) is 0 Å². The van der Waals surface area contributed by atoms with Gasteiger partial charge in [0.1, 0.15) is 6.17 Å². The number of ether oxygens (including phenoxy) is 1. The summed E-state index contributed by atoms with van der Waals surface area (Å²) in [6.45, 7) is 2.94. The lowest BCUT2D eigenvalue weighted by molar-refractivity contribution is -0.152. The van der Waals surface area contributed by atoms with Crippen LogP contribution in [0, 0.1) is 5.41 Å². The summed E-state index contributed by atoms with van der Waals surface area (Å²) in [4.78, 5) is 40.9. The number of benzene rings is 2. The highest BCUT2D eigenvalue weighted by Crippen LogP contribution is 2.32. The molecule has 0 aromatic heterocycles. The molecule has 1 atom stereocenters. The normalized spacial score (nSPS) is 16.9. The molecule has 0 aliphatic carbocycles. The Balaban J connectivity index is 1.92. The minimum atomic E-state index is -4.55. The Kier molecular flexibility index (Phi) is 7.64. The molecule has 1 aliphatic heterocycles. The van der Waals surface area contributed by atoms with Crippen LogP contribution in [0.4, 0.5) is 23.7 Å². The molecule has 3 amide bonds.